The number of benzene rings is 1. The van der Waals surface area contributed by atoms with Crippen molar-refractivity contribution in [3.05, 3.63) is 63.9 Å². The number of hydrazone groups is 1. The van der Waals surface area contributed by atoms with E-state index in [1.165, 1.54) is 12.1 Å². The number of nitro groups is 1. The molecule has 1 atom stereocenters. The Balaban J connectivity index is 1.89. The van der Waals surface area contributed by atoms with Gasteiger partial charge in [-0.05, 0) is 24.0 Å². The van der Waals surface area contributed by atoms with E-state index in [2.05, 4.69) is 15.8 Å². The predicted octanol–water partition coefficient (Wildman–Crippen LogP) is 2.98. The first kappa shape index (κ1) is 21.6. The molecular weight excluding hydrogens is 380 g/mol. The smallest absolute Gasteiger partial charge is 0.433 e. The van der Waals surface area contributed by atoms with E-state index in [1.54, 1.807) is 0 Å². The molecule has 2 N–H and O–H groups in total. The third kappa shape index (κ3) is 7.45. The first-order valence-corrected chi connectivity index (χ1v) is 8.89. The first-order valence-electron chi connectivity index (χ1n) is 8.89. The Labute approximate surface area is 167 Å². The monoisotopic (exact) mass is 402 g/mol. The minimum Gasteiger partial charge on any atom is -0.445 e. The van der Waals surface area contributed by atoms with Crippen molar-refractivity contribution in [2.75, 3.05) is 0 Å². The Morgan fingerprint density at radius 3 is 2.59 bits per heavy atom. The molecule has 1 heterocycles. The molecule has 2 aromatic rings. The highest BCUT2D eigenvalue weighted by Gasteiger charge is 2.22. The summed E-state index contributed by atoms with van der Waals surface area (Å²) in [7, 11) is 0. The Morgan fingerprint density at radius 2 is 1.97 bits per heavy atom. The second-order valence-corrected chi connectivity index (χ2v) is 6.56. The summed E-state index contributed by atoms with van der Waals surface area (Å²) in [5, 5.41) is 16.8. The molecule has 10 heteroatoms. The Hall–Kier alpha value is -3.69. The molecule has 0 bridgehead atoms. The quantitative estimate of drug-likeness (QED) is 0.376. The molecule has 0 radical (unpaired) electrons. The van der Waals surface area contributed by atoms with Gasteiger partial charge >= 0.3 is 12.0 Å². The second kappa shape index (κ2) is 10.6. The minimum absolute atomic E-state index is 0.0815. The molecule has 0 saturated heterocycles. The van der Waals surface area contributed by atoms with E-state index in [4.69, 9.17) is 9.15 Å². The summed E-state index contributed by atoms with van der Waals surface area (Å²) in [4.78, 5) is 34.3. The molecule has 2 rings (SSSR count). The van der Waals surface area contributed by atoms with E-state index in [0.717, 1.165) is 11.8 Å². The zero-order chi connectivity index (χ0) is 21.2. The van der Waals surface area contributed by atoms with E-state index in [0.29, 0.717) is 6.42 Å². The number of alkyl carbamates (subject to hydrolysis) is 1. The number of furan rings is 1. The number of hydrogen-bond donors (Lipinski definition) is 2. The molecule has 0 spiro atoms. The molecule has 0 fully saturated rings. The number of hydrogen-bond acceptors (Lipinski definition) is 7. The number of nitrogens with one attached hydrogen (secondary N) is 2. The maximum absolute atomic E-state index is 12.4. The molecule has 0 aliphatic carbocycles. The van der Waals surface area contributed by atoms with Gasteiger partial charge in [0, 0.05) is 0 Å². The maximum Gasteiger partial charge on any atom is 0.433 e. The maximum atomic E-state index is 12.4. The van der Waals surface area contributed by atoms with Crippen molar-refractivity contribution >= 4 is 24.1 Å². The summed E-state index contributed by atoms with van der Waals surface area (Å²) in [5.41, 5.74) is 3.11. The zero-order valence-corrected chi connectivity index (χ0v) is 16.0. The van der Waals surface area contributed by atoms with Gasteiger partial charge in [-0.15, -0.1) is 0 Å². The van der Waals surface area contributed by atoms with Crippen LogP contribution in [0.15, 0.2) is 52.0 Å². The molecule has 1 aromatic carbocycles. The number of carbonyl (C=O) groups is 2. The van der Waals surface area contributed by atoms with Crippen molar-refractivity contribution in [1.29, 1.82) is 0 Å². The largest absolute Gasteiger partial charge is 0.445 e. The summed E-state index contributed by atoms with van der Waals surface area (Å²) in [6.07, 6.45) is 0.777. The Bertz CT molecular complexity index is 863. The minimum atomic E-state index is -0.860. The summed E-state index contributed by atoms with van der Waals surface area (Å²) in [5.74, 6) is -0.754. The van der Waals surface area contributed by atoms with Crippen LogP contribution < -0.4 is 10.7 Å². The lowest BCUT2D eigenvalue weighted by Gasteiger charge is -2.18. The Kier molecular flexibility index (Phi) is 7.89. The van der Waals surface area contributed by atoms with Gasteiger partial charge in [-0.1, -0.05) is 44.2 Å². The van der Waals surface area contributed by atoms with Gasteiger partial charge < -0.3 is 14.5 Å². The lowest BCUT2D eigenvalue weighted by molar-refractivity contribution is -0.402. The van der Waals surface area contributed by atoms with Gasteiger partial charge in [-0.3, -0.25) is 14.9 Å². The number of amides is 2. The van der Waals surface area contributed by atoms with Crippen molar-refractivity contribution in [2.24, 2.45) is 11.0 Å². The first-order chi connectivity index (χ1) is 13.8. The summed E-state index contributed by atoms with van der Waals surface area (Å²) in [6, 6.07) is 10.8. The number of ether oxygens (including phenoxy) is 1. The summed E-state index contributed by atoms with van der Waals surface area (Å²) >= 11 is 0. The standard InChI is InChI=1S/C19H22N4O6/c1-13(2)10-16(21-19(25)28-12-14-6-4-3-5-7-14)18(24)22-20-11-15-8-9-17(29-15)23(26)27/h3-9,11,13,16H,10,12H2,1-2H3,(H,21,25)(H,22,24)/b20-11+/t16-/m0/s1. The van der Waals surface area contributed by atoms with E-state index >= 15 is 0 Å². The van der Waals surface area contributed by atoms with Crippen LogP contribution in [0, 0.1) is 16.0 Å². The fourth-order valence-corrected chi connectivity index (χ4v) is 2.36. The third-order valence-electron chi connectivity index (χ3n) is 3.69. The molecule has 0 unspecified atom stereocenters. The van der Waals surface area contributed by atoms with Gasteiger partial charge in [0.1, 0.15) is 17.6 Å². The molecular formula is C19H22N4O6. The second-order valence-electron chi connectivity index (χ2n) is 6.56. The SMILES string of the molecule is CC(C)C[C@H](NC(=O)OCc1ccccc1)C(=O)N/N=C/c1ccc([N+](=O)[O-])o1. The number of rotatable bonds is 9. The van der Waals surface area contributed by atoms with E-state index < -0.39 is 28.8 Å². The van der Waals surface area contributed by atoms with Crippen molar-refractivity contribution < 1.29 is 23.7 Å². The van der Waals surface area contributed by atoms with Crippen molar-refractivity contribution in [2.45, 2.75) is 32.9 Å². The van der Waals surface area contributed by atoms with Crippen LogP contribution in [-0.2, 0) is 16.1 Å². The third-order valence-corrected chi connectivity index (χ3v) is 3.69. The van der Waals surface area contributed by atoms with Crippen LogP contribution in [0.4, 0.5) is 10.7 Å². The number of carbonyl (C=O) groups excluding carboxylic acids is 2. The van der Waals surface area contributed by atoms with Crippen molar-refractivity contribution in [3.8, 4) is 0 Å². The van der Waals surface area contributed by atoms with Gasteiger partial charge in [0.15, 0.2) is 5.76 Å². The zero-order valence-electron chi connectivity index (χ0n) is 16.0. The molecule has 0 aliphatic rings. The Morgan fingerprint density at radius 1 is 1.24 bits per heavy atom. The van der Waals surface area contributed by atoms with E-state index in [9.17, 15) is 19.7 Å². The predicted molar refractivity (Wildman–Crippen MR) is 104 cm³/mol. The van der Waals surface area contributed by atoms with Crippen LogP contribution in [0.1, 0.15) is 31.6 Å². The summed E-state index contributed by atoms with van der Waals surface area (Å²) in [6.45, 7) is 3.89. The van der Waals surface area contributed by atoms with Crippen LogP contribution >= 0.6 is 0 Å². The molecule has 0 saturated carbocycles. The fourth-order valence-electron chi connectivity index (χ4n) is 2.36. The van der Waals surface area contributed by atoms with Crippen LogP contribution in [0.2, 0.25) is 0 Å². The molecule has 154 valence electrons. The lowest BCUT2D eigenvalue weighted by Crippen LogP contribution is -2.46. The summed E-state index contributed by atoms with van der Waals surface area (Å²) < 4.78 is 10.0. The molecule has 2 amide bonds. The number of nitrogens with zero attached hydrogens (tertiary/aromatic N) is 2. The fraction of sp³-hybridized carbons (Fsp3) is 0.316. The topological polar surface area (TPSA) is 136 Å². The molecule has 0 aliphatic heterocycles. The average molecular weight is 402 g/mol. The van der Waals surface area contributed by atoms with Crippen LogP contribution in [-0.4, -0.2) is 29.2 Å². The van der Waals surface area contributed by atoms with Gasteiger partial charge in [0.2, 0.25) is 0 Å². The van der Waals surface area contributed by atoms with E-state index in [-0.39, 0.29) is 18.3 Å². The van der Waals surface area contributed by atoms with E-state index in [1.807, 2.05) is 44.2 Å². The normalized spacial score (nSPS) is 12.0. The van der Waals surface area contributed by atoms with Crippen LogP contribution in [0.5, 0.6) is 0 Å². The van der Waals surface area contributed by atoms with Crippen LogP contribution in [0.3, 0.4) is 0 Å². The molecule has 29 heavy (non-hydrogen) atoms. The van der Waals surface area contributed by atoms with Gasteiger partial charge in [-0.25, -0.2) is 10.2 Å². The lowest BCUT2D eigenvalue weighted by atomic mass is 10.0. The van der Waals surface area contributed by atoms with Crippen molar-refractivity contribution in [1.82, 2.24) is 10.7 Å². The van der Waals surface area contributed by atoms with Crippen molar-refractivity contribution in [3.63, 3.8) is 0 Å². The highest BCUT2D eigenvalue weighted by atomic mass is 16.6. The molecule has 10 nitrogen and oxygen atoms in total. The van der Waals surface area contributed by atoms with Gasteiger partial charge in [-0.2, -0.15) is 5.10 Å². The van der Waals surface area contributed by atoms with Gasteiger partial charge in [0.05, 0.1) is 12.3 Å². The molecule has 1 aromatic heterocycles. The van der Waals surface area contributed by atoms with Gasteiger partial charge in [0.25, 0.3) is 5.91 Å². The highest BCUT2D eigenvalue weighted by Crippen LogP contribution is 2.13. The highest BCUT2D eigenvalue weighted by molar-refractivity contribution is 5.86. The van der Waals surface area contributed by atoms with Crippen LogP contribution in [0.25, 0.3) is 0 Å². The average Bonchev–Trinajstić information content (AvgIpc) is 3.15.